The molecule has 0 aromatic heterocycles. The topological polar surface area (TPSA) is 49.9 Å². The molecule has 0 spiro atoms. The van der Waals surface area contributed by atoms with Crippen LogP contribution >= 0.6 is 0 Å². The molecule has 0 aliphatic carbocycles. The molecular formula is C27H26N2O3. The number of benzene rings is 3. The third-order valence-corrected chi connectivity index (χ3v) is 6.19. The summed E-state index contributed by atoms with van der Waals surface area (Å²) in [6, 6.07) is 21.1. The van der Waals surface area contributed by atoms with Crippen LogP contribution in [0.4, 0.5) is 5.69 Å². The SMILES string of the molecule is CCOc1ccc(C2=C(N3CCCCC3)C(=O)N(c3cccc4ccccc34)C2=O)cc1. The summed E-state index contributed by atoms with van der Waals surface area (Å²) in [7, 11) is 0. The zero-order valence-corrected chi connectivity index (χ0v) is 18.2. The van der Waals surface area contributed by atoms with Gasteiger partial charge in [-0.1, -0.05) is 48.5 Å². The van der Waals surface area contributed by atoms with Crippen LogP contribution in [-0.2, 0) is 9.59 Å². The van der Waals surface area contributed by atoms with Gasteiger partial charge in [0.05, 0.1) is 17.9 Å². The van der Waals surface area contributed by atoms with Crippen LogP contribution in [0, 0.1) is 0 Å². The molecule has 2 aliphatic rings. The maximum atomic E-state index is 13.8. The van der Waals surface area contributed by atoms with Gasteiger partial charge in [-0.2, -0.15) is 0 Å². The summed E-state index contributed by atoms with van der Waals surface area (Å²) in [6.45, 7) is 4.09. The van der Waals surface area contributed by atoms with Crippen LogP contribution in [0.5, 0.6) is 5.75 Å². The van der Waals surface area contributed by atoms with Gasteiger partial charge in [0.15, 0.2) is 0 Å². The van der Waals surface area contributed by atoms with Crippen LogP contribution in [0.15, 0.2) is 72.4 Å². The van der Waals surface area contributed by atoms with Gasteiger partial charge in [-0.15, -0.1) is 0 Å². The fraction of sp³-hybridized carbons (Fsp3) is 0.259. The molecule has 0 atom stereocenters. The Hall–Kier alpha value is -3.60. The smallest absolute Gasteiger partial charge is 0.282 e. The highest BCUT2D eigenvalue weighted by Crippen LogP contribution is 2.38. The minimum atomic E-state index is -0.268. The number of imide groups is 1. The lowest BCUT2D eigenvalue weighted by atomic mass is 10.0. The average Bonchev–Trinajstić information content (AvgIpc) is 3.10. The lowest BCUT2D eigenvalue weighted by molar-refractivity contribution is -0.120. The van der Waals surface area contributed by atoms with Crippen LogP contribution in [0.1, 0.15) is 31.7 Å². The van der Waals surface area contributed by atoms with E-state index in [0.717, 1.165) is 54.4 Å². The van der Waals surface area contributed by atoms with Gasteiger partial charge in [0.25, 0.3) is 11.8 Å². The first-order chi connectivity index (χ1) is 15.7. The summed E-state index contributed by atoms with van der Waals surface area (Å²) < 4.78 is 5.56. The van der Waals surface area contributed by atoms with Crippen molar-refractivity contribution in [2.24, 2.45) is 0 Å². The molecule has 1 fully saturated rings. The Morgan fingerprint density at radius 1 is 0.812 bits per heavy atom. The van der Waals surface area contributed by atoms with Crippen LogP contribution in [0.3, 0.4) is 0 Å². The monoisotopic (exact) mass is 426 g/mol. The number of anilines is 1. The number of carbonyl (C=O) groups excluding carboxylic acids is 2. The van der Waals surface area contributed by atoms with Crippen molar-refractivity contribution in [2.45, 2.75) is 26.2 Å². The van der Waals surface area contributed by atoms with E-state index >= 15 is 0 Å². The maximum absolute atomic E-state index is 13.8. The fourth-order valence-corrected chi connectivity index (χ4v) is 4.70. The van der Waals surface area contributed by atoms with Crippen molar-refractivity contribution in [3.8, 4) is 5.75 Å². The number of fused-ring (bicyclic) bond motifs is 1. The fourth-order valence-electron chi connectivity index (χ4n) is 4.70. The number of nitrogens with zero attached hydrogens (tertiary/aromatic N) is 2. The van der Waals surface area contributed by atoms with Crippen molar-refractivity contribution in [1.29, 1.82) is 0 Å². The molecule has 3 aromatic carbocycles. The number of ether oxygens (including phenoxy) is 1. The second kappa shape index (κ2) is 8.50. The van der Waals surface area contributed by atoms with Crippen LogP contribution in [0.2, 0.25) is 0 Å². The number of carbonyl (C=O) groups is 2. The molecule has 0 N–H and O–H groups in total. The van der Waals surface area contributed by atoms with Gasteiger partial charge in [0.2, 0.25) is 0 Å². The second-order valence-corrected chi connectivity index (χ2v) is 8.17. The predicted octanol–water partition coefficient (Wildman–Crippen LogP) is 5.01. The number of piperidine rings is 1. The number of hydrogen-bond donors (Lipinski definition) is 0. The van der Waals surface area contributed by atoms with E-state index in [4.69, 9.17) is 4.74 Å². The van der Waals surface area contributed by atoms with Crippen molar-refractivity contribution >= 4 is 33.8 Å². The van der Waals surface area contributed by atoms with E-state index in [0.29, 0.717) is 23.6 Å². The van der Waals surface area contributed by atoms with E-state index in [-0.39, 0.29) is 11.8 Å². The zero-order valence-electron chi connectivity index (χ0n) is 18.2. The molecule has 0 saturated carbocycles. The Bertz CT molecular complexity index is 1200. The van der Waals surface area contributed by atoms with E-state index < -0.39 is 0 Å². The molecule has 5 nitrogen and oxygen atoms in total. The van der Waals surface area contributed by atoms with E-state index in [1.54, 1.807) is 0 Å². The Kier molecular flexibility index (Phi) is 5.39. The minimum absolute atomic E-state index is 0.239. The van der Waals surface area contributed by atoms with Crippen molar-refractivity contribution < 1.29 is 14.3 Å². The summed E-state index contributed by atoms with van der Waals surface area (Å²) in [5.74, 6) is 0.243. The molecule has 0 radical (unpaired) electrons. The third-order valence-electron chi connectivity index (χ3n) is 6.19. The highest BCUT2D eigenvalue weighted by atomic mass is 16.5. The molecule has 0 unspecified atom stereocenters. The van der Waals surface area contributed by atoms with Gasteiger partial charge < -0.3 is 9.64 Å². The predicted molar refractivity (Wildman–Crippen MR) is 126 cm³/mol. The van der Waals surface area contributed by atoms with E-state index in [2.05, 4.69) is 4.90 Å². The number of amides is 2. The molecule has 2 aliphatic heterocycles. The quantitative estimate of drug-likeness (QED) is 0.538. The second-order valence-electron chi connectivity index (χ2n) is 8.17. The Balaban J connectivity index is 1.63. The van der Waals surface area contributed by atoms with Crippen LogP contribution < -0.4 is 9.64 Å². The van der Waals surface area contributed by atoms with E-state index in [1.165, 1.54) is 4.90 Å². The summed E-state index contributed by atoms with van der Waals surface area (Å²) in [5, 5.41) is 1.89. The normalized spacial score (nSPS) is 16.9. The molecule has 1 saturated heterocycles. The Morgan fingerprint density at radius 3 is 2.28 bits per heavy atom. The standard InChI is InChI=1S/C27H26N2O3/c1-2-32-21-15-13-20(14-16-21)24-25(28-17-6-3-7-18-28)27(31)29(26(24)30)23-12-8-10-19-9-4-5-11-22(19)23/h4-5,8-16H,2-3,6-7,17-18H2,1H3. The molecule has 32 heavy (non-hydrogen) atoms. The highest BCUT2D eigenvalue weighted by Gasteiger charge is 2.43. The largest absolute Gasteiger partial charge is 0.494 e. The van der Waals surface area contributed by atoms with Gasteiger partial charge in [-0.05, 0) is 55.3 Å². The molecular weight excluding hydrogens is 400 g/mol. The van der Waals surface area contributed by atoms with Gasteiger partial charge in [-0.25, -0.2) is 4.90 Å². The number of likely N-dealkylation sites (tertiary alicyclic amines) is 1. The Labute approximate surface area is 187 Å². The average molecular weight is 427 g/mol. The number of rotatable bonds is 5. The zero-order chi connectivity index (χ0) is 22.1. The highest BCUT2D eigenvalue weighted by molar-refractivity contribution is 6.46. The maximum Gasteiger partial charge on any atom is 0.282 e. The molecule has 162 valence electrons. The molecule has 2 heterocycles. The van der Waals surface area contributed by atoms with Gasteiger partial charge in [0, 0.05) is 18.5 Å². The first-order valence-electron chi connectivity index (χ1n) is 11.3. The first-order valence-corrected chi connectivity index (χ1v) is 11.3. The van der Waals surface area contributed by atoms with Crippen LogP contribution in [-0.4, -0.2) is 36.4 Å². The molecule has 2 amide bonds. The summed E-state index contributed by atoms with van der Waals surface area (Å²) >= 11 is 0. The van der Waals surface area contributed by atoms with Crippen LogP contribution in [0.25, 0.3) is 16.3 Å². The summed E-state index contributed by atoms with van der Waals surface area (Å²) in [5.41, 5.74) is 2.38. The van der Waals surface area contributed by atoms with Crippen molar-refractivity contribution in [3.05, 3.63) is 78.0 Å². The van der Waals surface area contributed by atoms with Crippen molar-refractivity contribution in [1.82, 2.24) is 4.90 Å². The summed E-state index contributed by atoms with van der Waals surface area (Å²) in [4.78, 5) is 31.1. The third kappa shape index (κ3) is 3.44. The lowest BCUT2D eigenvalue weighted by Gasteiger charge is -2.29. The lowest BCUT2D eigenvalue weighted by Crippen LogP contribution is -2.37. The Morgan fingerprint density at radius 2 is 1.53 bits per heavy atom. The molecule has 0 bridgehead atoms. The van der Waals surface area contributed by atoms with E-state index in [9.17, 15) is 9.59 Å². The minimum Gasteiger partial charge on any atom is -0.494 e. The molecule has 5 rings (SSSR count). The van der Waals surface area contributed by atoms with Gasteiger partial charge >= 0.3 is 0 Å². The van der Waals surface area contributed by atoms with Crippen molar-refractivity contribution in [3.63, 3.8) is 0 Å². The first kappa shape index (κ1) is 20.3. The number of hydrogen-bond acceptors (Lipinski definition) is 4. The van der Waals surface area contributed by atoms with Gasteiger partial charge in [0.1, 0.15) is 11.4 Å². The molecule has 5 heteroatoms. The van der Waals surface area contributed by atoms with Crippen molar-refractivity contribution in [2.75, 3.05) is 24.6 Å². The summed E-state index contributed by atoms with van der Waals surface area (Å²) in [6.07, 6.45) is 3.20. The molecule has 3 aromatic rings. The van der Waals surface area contributed by atoms with E-state index in [1.807, 2.05) is 73.7 Å². The van der Waals surface area contributed by atoms with Gasteiger partial charge in [-0.3, -0.25) is 9.59 Å².